The SMILES string of the molecule is O=C(c1cncc(F)c1)c1csc(Cl)c1. The van der Waals surface area contributed by atoms with E-state index in [1.165, 1.54) is 17.5 Å². The number of halogens is 2. The van der Waals surface area contributed by atoms with E-state index in [9.17, 15) is 9.18 Å². The average molecular weight is 242 g/mol. The zero-order chi connectivity index (χ0) is 10.8. The lowest BCUT2D eigenvalue weighted by Crippen LogP contribution is -2.00. The molecule has 0 aliphatic rings. The number of thiophene rings is 1. The molecule has 2 heterocycles. The van der Waals surface area contributed by atoms with Crippen LogP contribution in [0.15, 0.2) is 29.9 Å². The first-order valence-corrected chi connectivity index (χ1v) is 5.32. The molecule has 0 amide bonds. The Bertz CT molecular complexity index is 512. The Morgan fingerprint density at radius 3 is 2.73 bits per heavy atom. The Balaban J connectivity index is 2.36. The minimum absolute atomic E-state index is 0.226. The van der Waals surface area contributed by atoms with Crippen LogP contribution in [0.1, 0.15) is 15.9 Å². The molecule has 0 saturated heterocycles. The van der Waals surface area contributed by atoms with Crippen molar-refractivity contribution in [2.24, 2.45) is 0 Å². The molecule has 0 fully saturated rings. The van der Waals surface area contributed by atoms with Crippen LogP contribution in [0.3, 0.4) is 0 Å². The summed E-state index contributed by atoms with van der Waals surface area (Å²) < 4.78 is 13.3. The van der Waals surface area contributed by atoms with Crippen LogP contribution in [0.25, 0.3) is 0 Å². The van der Waals surface area contributed by atoms with Gasteiger partial charge >= 0.3 is 0 Å². The highest BCUT2D eigenvalue weighted by Crippen LogP contribution is 2.22. The van der Waals surface area contributed by atoms with Crippen molar-refractivity contribution < 1.29 is 9.18 Å². The van der Waals surface area contributed by atoms with Crippen LogP contribution in [0.5, 0.6) is 0 Å². The van der Waals surface area contributed by atoms with Gasteiger partial charge in [0.05, 0.1) is 10.5 Å². The maximum atomic E-state index is 12.8. The van der Waals surface area contributed by atoms with E-state index in [0.717, 1.165) is 12.3 Å². The van der Waals surface area contributed by atoms with Crippen LogP contribution in [-0.4, -0.2) is 10.8 Å². The first-order chi connectivity index (χ1) is 7.16. The summed E-state index contributed by atoms with van der Waals surface area (Å²) in [6, 6.07) is 2.71. The van der Waals surface area contributed by atoms with Crippen LogP contribution in [0.2, 0.25) is 4.34 Å². The number of nitrogens with zero attached hydrogens (tertiary/aromatic N) is 1. The molecule has 5 heteroatoms. The quantitative estimate of drug-likeness (QED) is 0.756. The van der Waals surface area contributed by atoms with E-state index in [1.807, 2.05) is 0 Å². The minimum Gasteiger partial charge on any atom is -0.289 e. The summed E-state index contributed by atoms with van der Waals surface area (Å²) >= 11 is 6.96. The molecule has 2 rings (SSSR count). The fourth-order valence-electron chi connectivity index (χ4n) is 1.13. The molecule has 2 aromatic heterocycles. The van der Waals surface area contributed by atoms with Crippen molar-refractivity contribution in [1.29, 1.82) is 0 Å². The number of ketones is 1. The fourth-order valence-corrected chi connectivity index (χ4v) is 1.99. The molecule has 2 aromatic rings. The van der Waals surface area contributed by atoms with E-state index in [0.29, 0.717) is 9.90 Å². The van der Waals surface area contributed by atoms with Crippen molar-refractivity contribution in [1.82, 2.24) is 4.98 Å². The van der Waals surface area contributed by atoms with Crippen LogP contribution < -0.4 is 0 Å². The number of pyridine rings is 1. The Hall–Kier alpha value is -1.26. The van der Waals surface area contributed by atoms with Crippen LogP contribution in [0, 0.1) is 5.82 Å². The van der Waals surface area contributed by atoms with Gasteiger partial charge in [0.25, 0.3) is 0 Å². The third-order valence-corrected chi connectivity index (χ3v) is 2.89. The molecule has 0 atom stereocenters. The Labute approximate surface area is 94.3 Å². The van der Waals surface area contributed by atoms with E-state index in [4.69, 9.17) is 11.6 Å². The van der Waals surface area contributed by atoms with E-state index in [1.54, 1.807) is 11.4 Å². The molecular formula is C10H5ClFNOS. The lowest BCUT2D eigenvalue weighted by atomic mass is 10.1. The standard InChI is InChI=1S/C10H5ClFNOS/c11-9-2-7(5-15-9)10(14)6-1-8(12)4-13-3-6/h1-5H. The third-order valence-electron chi connectivity index (χ3n) is 1.80. The molecule has 0 radical (unpaired) electrons. The van der Waals surface area contributed by atoms with Gasteiger partial charge in [-0.2, -0.15) is 0 Å². The van der Waals surface area contributed by atoms with Gasteiger partial charge in [-0.3, -0.25) is 9.78 Å². The summed E-state index contributed by atoms with van der Waals surface area (Å²) in [5.41, 5.74) is 0.682. The molecule has 0 spiro atoms. The van der Waals surface area contributed by atoms with Gasteiger partial charge in [-0.15, -0.1) is 11.3 Å². The molecule has 76 valence electrons. The Morgan fingerprint density at radius 2 is 2.13 bits per heavy atom. The molecule has 0 aliphatic carbocycles. The highest BCUT2D eigenvalue weighted by Gasteiger charge is 2.11. The number of hydrogen-bond donors (Lipinski definition) is 0. The normalized spacial score (nSPS) is 10.3. The van der Waals surface area contributed by atoms with Crippen molar-refractivity contribution in [2.45, 2.75) is 0 Å². The van der Waals surface area contributed by atoms with Crippen molar-refractivity contribution in [2.75, 3.05) is 0 Å². The molecule has 0 aliphatic heterocycles. The van der Waals surface area contributed by atoms with Gasteiger partial charge in [-0.05, 0) is 12.1 Å². The number of carbonyl (C=O) groups is 1. The summed E-state index contributed by atoms with van der Waals surface area (Å²) in [5, 5.41) is 1.63. The average Bonchev–Trinajstić information content (AvgIpc) is 2.64. The van der Waals surface area contributed by atoms with Crippen LogP contribution >= 0.6 is 22.9 Å². The molecular weight excluding hydrogens is 237 g/mol. The number of aromatic nitrogens is 1. The topological polar surface area (TPSA) is 30.0 Å². The van der Waals surface area contributed by atoms with Gasteiger partial charge in [0.1, 0.15) is 5.82 Å². The molecule has 0 bridgehead atoms. The predicted molar refractivity (Wildman–Crippen MR) is 57.0 cm³/mol. The van der Waals surface area contributed by atoms with Crippen LogP contribution in [-0.2, 0) is 0 Å². The highest BCUT2D eigenvalue weighted by atomic mass is 35.5. The van der Waals surface area contributed by atoms with Gasteiger partial charge in [-0.25, -0.2) is 4.39 Å². The number of hydrogen-bond acceptors (Lipinski definition) is 3. The first kappa shape index (κ1) is 10.3. The second kappa shape index (κ2) is 4.08. The lowest BCUT2D eigenvalue weighted by molar-refractivity contribution is 0.103. The minimum atomic E-state index is -0.526. The molecule has 0 saturated carbocycles. The van der Waals surface area contributed by atoms with E-state index in [2.05, 4.69) is 4.98 Å². The summed E-state index contributed by atoms with van der Waals surface area (Å²) in [6.07, 6.45) is 2.38. The Morgan fingerprint density at radius 1 is 1.33 bits per heavy atom. The van der Waals surface area contributed by atoms with Crippen molar-refractivity contribution in [3.05, 3.63) is 51.2 Å². The third kappa shape index (κ3) is 2.22. The van der Waals surface area contributed by atoms with Gasteiger partial charge in [0, 0.05) is 22.7 Å². The summed E-state index contributed by atoms with van der Waals surface area (Å²) in [5.74, 6) is -0.799. The van der Waals surface area contributed by atoms with E-state index >= 15 is 0 Å². The number of carbonyl (C=O) groups excluding carboxylic acids is 1. The van der Waals surface area contributed by atoms with Gasteiger partial charge < -0.3 is 0 Å². The monoisotopic (exact) mass is 241 g/mol. The summed E-state index contributed by atoms with van der Waals surface area (Å²) in [7, 11) is 0. The summed E-state index contributed by atoms with van der Waals surface area (Å²) in [6.45, 7) is 0. The first-order valence-electron chi connectivity index (χ1n) is 4.06. The highest BCUT2D eigenvalue weighted by molar-refractivity contribution is 7.14. The van der Waals surface area contributed by atoms with Gasteiger partial charge in [-0.1, -0.05) is 11.6 Å². The van der Waals surface area contributed by atoms with Gasteiger partial charge in [0.15, 0.2) is 5.78 Å². The smallest absolute Gasteiger partial charge is 0.195 e. The Kier molecular flexibility index (Phi) is 2.79. The second-order valence-corrected chi connectivity index (χ2v) is 4.40. The second-order valence-electron chi connectivity index (χ2n) is 2.86. The molecule has 0 N–H and O–H groups in total. The molecule has 0 unspecified atom stereocenters. The van der Waals surface area contributed by atoms with E-state index < -0.39 is 5.82 Å². The van der Waals surface area contributed by atoms with E-state index in [-0.39, 0.29) is 11.3 Å². The van der Waals surface area contributed by atoms with Crippen molar-refractivity contribution in [3.8, 4) is 0 Å². The number of rotatable bonds is 2. The molecule has 2 nitrogen and oxygen atoms in total. The maximum Gasteiger partial charge on any atom is 0.195 e. The van der Waals surface area contributed by atoms with Gasteiger partial charge in [0.2, 0.25) is 0 Å². The summed E-state index contributed by atoms with van der Waals surface area (Å²) in [4.78, 5) is 15.4. The predicted octanol–water partition coefficient (Wildman–Crippen LogP) is 3.17. The zero-order valence-electron chi connectivity index (χ0n) is 7.41. The molecule has 0 aromatic carbocycles. The molecule has 15 heavy (non-hydrogen) atoms. The lowest BCUT2D eigenvalue weighted by Gasteiger charge is -1.96. The van der Waals surface area contributed by atoms with Crippen LogP contribution in [0.4, 0.5) is 4.39 Å². The van der Waals surface area contributed by atoms with Crippen molar-refractivity contribution in [3.63, 3.8) is 0 Å². The van der Waals surface area contributed by atoms with Crippen molar-refractivity contribution >= 4 is 28.7 Å². The maximum absolute atomic E-state index is 12.8. The largest absolute Gasteiger partial charge is 0.289 e. The fraction of sp³-hybridized carbons (Fsp3) is 0. The zero-order valence-corrected chi connectivity index (χ0v) is 8.98.